The zero-order valence-electron chi connectivity index (χ0n) is 12.5. The third-order valence-electron chi connectivity index (χ3n) is 4.13. The van der Waals surface area contributed by atoms with Crippen molar-refractivity contribution in [3.63, 3.8) is 0 Å². The van der Waals surface area contributed by atoms with E-state index in [0.717, 1.165) is 12.8 Å². The molecule has 1 saturated heterocycles. The molecule has 0 spiro atoms. The number of benzene rings is 1. The van der Waals surface area contributed by atoms with Gasteiger partial charge in [-0.05, 0) is 38.3 Å². The Hall–Kier alpha value is -2.21. The van der Waals surface area contributed by atoms with Gasteiger partial charge in [-0.15, -0.1) is 0 Å². The number of carbonyl (C=O) groups is 1. The lowest BCUT2D eigenvalue weighted by Crippen LogP contribution is -2.40. The smallest absolute Gasteiger partial charge is 0.278 e. The minimum Gasteiger partial charge on any atom is -0.393 e. The van der Waals surface area contributed by atoms with Gasteiger partial charge in [0.05, 0.1) is 11.6 Å². The third kappa shape index (κ3) is 2.62. The van der Waals surface area contributed by atoms with Crippen molar-refractivity contribution in [2.45, 2.75) is 38.3 Å². The predicted molar refractivity (Wildman–Crippen MR) is 82.7 cm³/mol. The first-order chi connectivity index (χ1) is 10.6. The summed E-state index contributed by atoms with van der Waals surface area (Å²) in [6.07, 6.45) is 1.79. The Labute approximate surface area is 127 Å². The van der Waals surface area contributed by atoms with Crippen molar-refractivity contribution in [2.75, 3.05) is 6.54 Å². The van der Waals surface area contributed by atoms with Gasteiger partial charge in [0, 0.05) is 18.0 Å². The van der Waals surface area contributed by atoms with Gasteiger partial charge >= 0.3 is 0 Å². The number of aromatic nitrogens is 2. The topological polar surface area (TPSA) is 86.3 Å². The molecule has 0 bridgehead atoms. The standard InChI is InChI=1S/C16H19N3O3/c1-10(20)9-11-5-4-8-19(11)16(22)14-15(21)12-6-2-3-7-13(12)17-18-14/h2-3,6-7,10-11,20H,4-5,8-9H2,1H3,(H,17,21). The summed E-state index contributed by atoms with van der Waals surface area (Å²) in [7, 11) is 0. The molecular weight excluding hydrogens is 282 g/mol. The molecule has 1 aliphatic heterocycles. The molecule has 6 heteroatoms. The van der Waals surface area contributed by atoms with Crippen LogP contribution in [0.25, 0.3) is 10.9 Å². The lowest BCUT2D eigenvalue weighted by Gasteiger charge is -2.25. The van der Waals surface area contributed by atoms with E-state index < -0.39 is 6.10 Å². The molecule has 3 rings (SSSR count). The first-order valence-corrected chi connectivity index (χ1v) is 7.54. The highest BCUT2D eigenvalue weighted by molar-refractivity contribution is 5.95. The number of likely N-dealkylation sites (tertiary alicyclic amines) is 1. The number of hydrogen-bond donors (Lipinski definition) is 2. The van der Waals surface area contributed by atoms with Crippen LogP contribution in [0.1, 0.15) is 36.7 Å². The first-order valence-electron chi connectivity index (χ1n) is 7.54. The van der Waals surface area contributed by atoms with Gasteiger partial charge in [0.15, 0.2) is 5.69 Å². The molecule has 2 atom stereocenters. The highest BCUT2D eigenvalue weighted by atomic mass is 16.3. The zero-order valence-corrected chi connectivity index (χ0v) is 12.5. The van der Waals surface area contributed by atoms with E-state index in [1.54, 1.807) is 36.1 Å². The Bertz CT molecular complexity index is 754. The molecule has 2 unspecified atom stereocenters. The Morgan fingerprint density at radius 1 is 1.50 bits per heavy atom. The van der Waals surface area contributed by atoms with Gasteiger partial charge in [-0.3, -0.25) is 14.7 Å². The van der Waals surface area contributed by atoms with E-state index in [2.05, 4.69) is 10.2 Å². The van der Waals surface area contributed by atoms with Crippen molar-refractivity contribution in [3.05, 3.63) is 40.2 Å². The normalized spacial score (nSPS) is 19.5. The van der Waals surface area contributed by atoms with Gasteiger partial charge in [-0.25, -0.2) is 0 Å². The highest BCUT2D eigenvalue weighted by Gasteiger charge is 2.32. The number of carbonyl (C=O) groups excluding carboxylic acids is 1. The van der Waals surface area contributed by atoms with Gasteiger partial charge in [0.2, 0.25) is 5.43 Å². The summed E-state index contributed by atoms with van der Waals surface area (Å²) in [5.74, 6) is -0.352. The maximum absolute atomic E-state index is 12.7. The van der Waals surface area contributed by atoms with E-state index in [-0.39, 0.29) is 23.1 Å². The number of rotatable bonds is 3. The summed E-state index contributed by atoms with van der Waals surface area (Å²) in [4.78, 5) is 26.8. The maximum Gasteiger partial charge on any atom is 0.278 e. The fraction of sp³-hybridized carbons (Fsp3) is 0.438. The Morgan fingerprint density at radius 3 is 3.05 bits per heavy atom. The minimum atomic E-state index is -0.471. The average molecular weight is 301 g/mol. The van der Waals surface area contributed by atoms with Crippen LogP contribution in [0.15, 0.2) is 29.1 Å². The molecule has 0 radical (unpaired) electrons. The van der Waals surface area contributed by atoms with Crippen LogP contribution in [0.5, 0.6) is 0 Å². The quantitative estimate of drug-likeness (QED) is 0.894. The molecule has 1 aromatic heterocycles. The van der Waals surface area contributed by atoms with Gasteiger partial charge in [0.25, 0.3) is 5.91 Å². The van der Waals surface area contributed by atoms with Crippen LogP contribution in [0, 0.1) is 0 Å². The second kappa shape index (κ2) is 5.88. The summed E-state index contributed by atoms with van der Waals surface area (Å²) in [6, 6.07) is 6.98. The van der Waals surface area contributed by atoms with Gasteiger partial charge < -0.3 is 10.0 Å². The van der Waals surface area contributed by atoms with Gasteiger partial charge in [-0.1, -0.05) is 12.1 Å². The van der Waals surface area contributed by atoms with Crippen molar-refractivity contribution >= 4 is 16.8 Å². The largest absolute Gasteiger partial charge is 0.393 e. The van der Waals surface area contributed by atoms with E-state index in [1.165, 1.54) is 0 Å². The van der Waals surface area contributed by atoms with Crippen LogP contribution in [0.2, 0.25) is 0 Å². The summed E-state index contributed by atoms with van der Waals surface area (Å²) >= 11 is 0. The molecule has 2 N–H and O–H groups in total. The fourth-order valence-corrected chi connectivity index (χ4v) is 3.10. The summed E-state index contributed by atoms with van der Waals surface area (Å²) in [6.45, 7) is 2.31. The molecule has 1 fully saturated rings. The van der Waals surface area contributed by atoms with Crippen molar-refractivity contribution in [1.29, 1.82) is 0 Å². The Morgan fingerprint density at radius 2 is 2.27 bits per heavy atom. The number of amides is 1. The molecule has 2 aromatic rings. The van der Waals surface area contributed by atoms with Crippen LogP contribution in [-0.2, 0) is 0 Å². The number of nitrogens with one attached hydrogen (secondary N) is 1. The second-order valence-electron chi connectivity index (χ2n) is 5.83. The third-order valence-corrected chi connectivity index (χ3v) is 4.13. The molecule has 1 aromatic carbocycles. The van der Waals surface area contributed by atoms with Crippen LogP contribution < -0.4 is 5.43 Å². The van der Waals surface area contributed by atoms with Crippen LogP contribution >= 0.6 is 0 Å². The lowest BCUT2D eigenvalue weighted by molar-refractivity contribution is 0.0674. The van der Waals surface area contributed by atoms with Crippen molar-refractivity contribution in [3.8, 4) is 0 Å². The van der Waals surface area contributed by atoms with E-state index in [1.807, 2.05) is 0 Å². The van der Waals surface area contributed by atoms with Crippen LogP contribution in [-0.4, -0.2) is 44.8 Å². The van der Waals surface area contributed by atoms with E-state index >= 15 is 0 Å². The molecule has 1 aliphatic rings. The lowest BCUT2D eigenvalue weighted by atomic mass is 10.1. The highest BCUT2D eigenvalue weighted by Crippen LogP contribution is 2.22. The number of nitrogens with zero attached hydrogens (tertiary/aromatic N) is 2. The van der Waals surface area contributed by atoms with Crippen LogP contribution in [0.4, 0.5) is 0 Å². The van der Waals surface area contributed by atoms with E-state index in [0.29, 0.717) is 23.9 Å². The molecule has 116 valence electrons. The Balaban J connectivity index is 1.95. The minimum absolute atomic E-state index is 0.0276. The molecule has 0 saturated carbocycles. The Kier molecular flexibility index (Phi) is 3.94. The fourth-order valence-electron chi connectivity index (χ4n) is 3.10. The summed E-state index contributed by atoms with van der Waals surface area (Å²) < 4.78 is 0. The molecule has 0 aliphatic carbocycles. The number of aromatic amines is 1. The predicted octanol–water partition coefficient (Wildman–Crippen LogP) is 1.30. The SMILES string of the molecule is CC(O)CC1CCCN1C(=O)c1n[nH]c2ccccc2c1=O. The van der Waals surface area contributed by atoms with E-state index in [9.17, 15) is 14.7 Å². The summed E-state index contributed by atoms with van der Waals surface area (Å²) in [5.41, 5.74) is 0.198. The molecule has 6 nitrogen and oxygen atoms in total. The number of aliphatic hydroxyl groups is 1. The molecular formula is C16H19N3O3. The molecule has 22 heavy (non-hydrogen) atoms. The second-order valence-corrected chi connectivity index (χ2v) is 5.83. The van der Waals surface area contributed by atoms with Gasteiger partial charge in [0.1, 0.15) is 0 Å². The first kappa shape index (κ1) is 14.7. The van der Waals surface area contributed by atoms with E-state index in [4.69, 9.17) is 0 Å². The van der Waals surface area contributed by atoms with Crippen LogP contribution in [0.3, 0.4) is 0 Å². The van der Waals surface area contributed by atoms with Crippen molar-refractivity contribution in [2.24, 2.45) is 0 Å². The van der Waals surface area contributed by atoms with Crippen molar-refractivity contribution in [1.82, 2.24) is 15.1 Å². The number of fused-ring (bicyclic) bond motifs is 1. The maximum atomic E-state index is 12.7. The summed E-state index contributed by atoms with van der Waals surface area (Å²) in [5, 5.41) is 16.8. The number of H-pyrrole nitrogens is 1. The number of para-hydroxylation sites is 1. The average Bonchev–Trinajstić information content (AvgIpc) is 2.94. The monoisotopic (exact) mass is 301 g/mol. The molecule has 2 heterocycles. The zero-order chi connectivity index (χ0) is 15.7. The van der Waals surface area contributed by atoms with Crippen molar-refractivity contribution < 1.29 is 9.90 Å². The van der Waals surface area contributed by atoms with Gasteiger partial charge in [-0.2, -0.15) is 5.10 Å². The number of hydrogen-bond acceptors (Lipinski definition) is 4. The molecule has 1 amide bonds. The number of aliphatic hydroxyl groups excluding tert-OH is 1.